The van der Waals surface area contributed by atoms with Gasteiger partial charge in [-0.1, -0.05) is 13.3 Å². The highest BCUT2D eigenvalue weighted by molar-refractivity contribution is 5.85. The fourth-order valence-electron chi connectivity index (χ4n) is 2.61. The summed E-state index contributed by atoms with van der Waals surface area (Å²) in [5.41, 5.74) is 0.0251. The van der Waals surface area contributed by atoms with Crippen LogP contribution >= 0.6 is 0 Å². The van der Waals surface area contributed by atoms with Crippen LogP contribution in [0.25, 0.3) is 0 Å². The molecule has 0 aromatic rings. The van der Waals surface area contributed by atoms with Crippen LogP contribution in [0.15, 0.2) is 0 Å². The summed E-state index contributed by atoms with van der Waals surface area (Å²) >= 11 is 0. The van der Waals surface area contributed by atoms with Gasteiger partial charge in [0.05, 0.1) is 0 Å². The summed E-state index contributed by atoms with van der Waals surface area (Å²) in [6, 6.07) is 0. The molecule has 1 heterocycles. The molecule has 2 heteroatoms. The van der Waals surface area contributed by atoms with Crippen LogP contribution < -0.4 is 5.32 Å². The second-order valence-corrected chi connectivity index (χ2v) is 5.03. The summed E-state index contributed by atoms with van der Waals surface area (Å²) in [5, 5.41) is 3.35. The lowest BCUT2D eigenvalue weighted by atomic mass is 9.77. The maximum atomic E-state index is 12.2. The average Bonchev–Trinajstić information content (AvgIpc) is 2.83. The summed E-state index contributed by atoms with van der Waals surface area (Å²) in [5.74, 6) is 1.30. The number of rotatable bonds is 5. The van der Waals surface area contributed by atoms with E-state index in [4.69, 9.17) is 0 Å². The van der Waals surface area contributed by atoms with E-state index < -0.39 is 0 Å². The molecular formula is C12H21NO. The van der Waals surface area contributed by atoms with Crippen molar-refractivity contribution in [3.63, 3.8) is 0 Å². The first kappa shape index (κ1) is 10.2. The first-order chi connectivity index (χ1) is 6.77. The van der Waals surface area contributed by atoms with E-state index in [0.717, 1.165) is 44.7 Å². The number of nitrogens with one attached hydrogen (secondary N) is 1. The monoisotopic (exact) mass is 195 g/mol. The van der Waals surface area contributed by atoms with Crippen LogP contribution in [-0.2, 0) is 4.79 Å². The predicted molar refractivity (Wildman–Crippen MR) is 57.2 cm³/mol. The quantitative estimate of drug-likeness (QED) is 0.728. The molecule has 0 spiro atoms. The Morgan fingerprint density at radius 1 is 1.50 bits per heavy atom. The van der Waals surface area contributed by atoms with Crippen molar-refractivity contribution >= 4 is 5.78 Å². The highest BCUT2D eigenvalue weighted by Gasteiger charge is 2.41. The van der Waals surface area contributed by atoms with E-state index in [9.17, 15) is 4.79 Å². The van der Waals surface area contributed by atoms with Gasteiger partial charge >= 0.3 is 0 Å². The van der Waals surface area contributed by atoms with Gasteiger partial charge in [-0.05, 0) is 38.1 Å². The first-order valence-electron chi connectivity index (χ1n) is 6.01. The van der Waals surface area contributed by atoms with Gasteiger partial charge in [-0.15, -0.1) is 0 Å². The lowest BCUT2D eigenvalue weighted by Crippen LogP contribution is -2.33. The van der Waals surface area contributed by atoms with Gasteiger partial charge in [-0.2, -0.15) is 0 Å². The molecule has 1 aliphatic carbocycles. The first-order valence-corrected chi connectivity index (χ1v) is 6.01. The van der Waals surface area contributed by atoms with Crippen LogP contribution in [0.2, 0.25) is 0 Å². The minimum absolute atomic E-state index is 0.0251. The van der Waals surface area contributed by atoms with E-state index in [2.05, 4.69) is 12.2 Å². The van der Waals surface area contributed by atoms with Gasteiger partial charge in [-0.3, -0.25) is 4.79 Å². The molecule has 2 fully saturated rings. The molecule has 80 valence electrons. The second kappa shape index (κ2) is 4.01. The SMILES string of the molecule is CCCC1(C(=O)CC2CC2)CCNC1. The third-order valence-corrected chi connectivity index (χ3v) is 3.73. The predicted octanol–water partition coefficient (Wildman–Crippen LogP) is 2.14. The van der Waals surface area contributed by atoms with Gasteiger partial charge in [0.2, 0.25) is 0 Å². The minimum Gasteiger partial charge on any atom is -0.316 e. The van der Waals surface area contributed by atoms with Gasteiger partial charge in [0, 0.05) is 18.4 Å². The fourth-order valence-corrected chi connectivity index (χ4v) is 2.61. The van der Waals surface area contributed by atoms with E-state index >= 15 is 0 Å². The Labute approximate surface area is 86.5 Å². The van der Waals surface area contributed by atoms with E-state index in [1.54, 1.807) is 0 Å². The van der Waals surface area contributed by atoms with Crippen LogP contribution in [-0.4, -0.2) is 18.9 Å². The molecule has 0 bridgehead atoms. The lowest BCUT2D eigenvalue weighted by Gasteiger charge is -2.26. The van der Waals surface area contributed by atoms with Crippen molar-refractivity contribution in [2.24, 2.45) is 11.3 Å². The molecule has 2 nitrogen and oxygen atoms in total. The summed E-state index contributed by atoms with van der Waals surface area (Å²) in [6.45, 7) is 4.16. The van der Waals surface area contributed by atoms with E-state index in [1.807, 2.05) is 0 Å². The Morgan fingerprint density at radius 3 is 2.79 bits per heavy atom. The summed E-state index contributed by atoms with van der Waals surface area (Å²) in [4.78, 5) is 12.2. The average molecular weight is 195 g/mol. The third kappa shape index (κ3) is 2.00. The van der Waals surface area contributed by atoms with Gasteiger partial charge in [0.15, 0.2) is 0 Å². The van der Waals surface area contributed by atoms with Crippen molar-refractivity contribution in [2.75, 3.05) is 13.1 Å². The van der Waals surface area contributed by atoms with Crippen molar-refractivity contribution in [1.29, 1.82) is 0 Å². The van der Waals surface area contributed by atoms with Crippen molar-refractivity contribution in [3.05, 3.63) is 0 Å². The maximum absolute atomic E-state index is 12.2. The maximum Gasteiger partial charge on any atom is 0.140 e. The minimum atomic E-state index is 0.0251. The number of hydrogen-bond acceptors (Lipinski definition) is 2. The zero-order valence-electron chi connectivity index (χ0n) is 9.14. The molecule has 1 saturated carbocycles. The smallest absolute Gasteiger partial charge is 0.140 e. The van der Waals surface area contributed by atoms with Crippen LogP contribution in [0, 0.1) is 11.3 Å². The Balaban J connectivity index is 1.96. The molecule has 14 heavy (non-hydrogen) atoms. The number of carbonyl (C=O) groups excluding carboxylic acids is 1. The Kier molecular flexibility index (Phi) is 2.91. The number of Topliss-reactive ketones (excluding diaryl/α,β-unsaturated/α-hetero) is 1. The fraction of sp³-hybridized carbons (Fsp3) is 0.917. The van der Waals surface area contributed by atoms with Gasteiger partial charge in [0.25, 0.3) is 0 Å². The summed E-state index contributed by atoms with van der Waals surface area (Å²) in [6.07, 6.45) is 6.75. The summed E-state index contributed by atoms with van der Waals surface area (Å²) in [7, 11) is 0. The van der Waals surface area contributed by atoms with Crippen LogP contribution in [0.5, 0.6) is 0 Å². The van der Waals surface area contributed by atoms with E-state index in [1.165, 1.54) is 12.8 Å². The van der Waals surface area contributed by atoms with Gasteiger partial charge < -0.3 is 5.32 Å². The van der Waals surface area contributed by atoms with Gasteiger partial charge in [0.1, 0.15) is 5.78 Å². The highest BCUT2D eigenvalue weighted by Crippen LogP contribution is 2.39. The topological polar surface area (TPSA) is 29.1 Å². The molecule has 1 saturated heterocycles. The normalized spacial score (nSPS) is 32.1. The molecule has 0 radical (unpaired) electrons. The second-order valence-electron chi connectivity index (χ2n) is 5.03. The molecule has 1 aliphatic heterocycles. The van der Waals surface area contributed by atoms with Gasteiger partial charge in [-0.25, -0.2) is 0 Å². The van der Waals surface area contributed by atoms with Crippen molar-refractivity contribution in [2.45, 2.75) is 45.4 Å². The van der Waals surface area contributed by atoms with Crippen LogP contribution in [0.3, 0.4) is 0 Å². The highest BCUT2D eigenvalue weighted by atomic mass is 16.1. The lowest BCUT2D eigenvalue weighted by molar-refractivity contribution is -0.128. The zero-order valence-corrected chi connectivity index (χ0v) is 9.14. The van der Waals surface area contributed by atoms with E-state index in [0.29, 0.717) is 5.78 Å². The van der Waals surface area contributed by atoms with Crippen molar-refractivity contribution in [3.8, 4) is 0 Å². The molecule has 1 unspecified atom stereocenters. The molecule has 1 atom stereocenters. The van der Waals surface area contributed by atoms with Crippen LogP contribution in [0.4, 0.5) is 0 Å². The largest absolute Gasteiger partial charge is 0.316 e. The summed E-state index contributed by atoms with van der Waals surface area (Å²) < 4.78 is 0. The Morgan fingerprint density at radius 2 is 2.29 bits per heavy atom. The Bertz CT molecular complexity index is 214. The van der Waals surface area contributed by atoms with Crippen LogP contribution in [0.1, 0.15) is 45.4 Å². The molecule has 0 amide bonds. The molecule has 2 aliphatic rings. The van der Waals surface area contributed by atoms with E-state index in [-0.39, 0.29) is 5.41 Å². The molecule has 1 N–H and O–H groups in total. The molecular weight excluding hydrogens is 174 g/mol. The standard InChI is InChI=1S/C12H21NO/c1-2-5-12(6-7-13-9-12)11(14)8-10-3-4-10/h10,13H,2-9H2,1H3. The molecule has 0 aromatic carbocycles. The number of ketones is 1. The van der Waals surface area contributed by atoms with Crippen molar-refractivity contribution in [1.82, 2.24) is 5.32 Å². The third-order valence-electron chi connectivity index (χ3n) is 3.73. The Hall–Kier alpha value is -0.370. The number of hydrogen-bond donors (Lipinski definition) is 1. The van der Waals surface area contributed by atoms with Crippen molar-refractivity contribution < 1.29 is 4.79 Å². The molecule has 2 rings (SSSR count). The zero-order chi connectivity index (χ0) is 10.0. The molecule has 0 aromatic heterocycles. The number of carbonyl (C=O) groups is 1.